The van der Waals surface area contributed by atoms with Crippen molar-refractivity contribution in [2.45, 2.75) is 44.9 Å². The van der Waals surface area contributed by atoms with Gasteiger partial charge in [0.25, 0.3) is 5.56 Å². The molecule has 4 saturated carbocycles. The number of carbonyl (C=O) groups is 1. The monoisotopic (exact) mass is 370 g/mol. The lowest BCUT2D eigenvalue weighted by atomic mass is 9.49. The highest BCUT2D eigenvalue weighted by atomic mass is 16.2. The highest BCUT2D eigenvalue weighted by Gasteiger charge is 2.51. The summed E-state index contributed by atoms with van der Waals surface area (Å²) in [6, 6.07) is 1.64. The number of rotatable bonds is 3. The molecule has 0 aromatic carbocycles. The van der Waals surface area contributed by atoms with Crippen molar-refractivity contribution in [1.29, 1.82) is 0 Å². The van der Waals surface area contributed by atoms with Crippen LogP contribution in [0.5, 0.6) is 0 Å². The van der Waals surface area contributed by atoms with Crippen LogP contribution in [0.3, 0.4) is 0 Å². The first kappa shape index (κ1) is 17.3. The van der Waals surface area contributed by atoms with Gasteiger partial charge in [0.05, 0.1) is 11.9 Å². The van der Waals surface area contributed by atoms with Gasteiger partial charge in [-0.2, -0.15) is 5.10 Å². The maximum Gasteiger partial charge on any atom is 0.268 e. The van der Waals surface area contributed by atoms with E-state index in [1.165, 1.54) is 43.2 Å². The van der Waals surface area contributed by atoms with Gasteiger partial charge in [-0.05, 0) is 61.7 Å². The van der Waals surface area contributed by atoms with Crippen LogP contribution in [0.2, 0.25) is 0 Å². The number of amides is 1. The van der Waals surface area contributed by atoms with Gasteiger partial charge in [-0.15, -0.1) is 0 Å². The number of carbonyl (C=O) groups excluding carboxylic acids is 1. The molecule has 0 unspecified atom stereocenters. The SMILES string of the molecule is Cn1ncc(N2CCN(C(=O)CC34CC5CC(CC(C5)C3)C4)CC2)cc1=O. The van der Waals surface area contributed by atoms with Gasteiger partial charge in [-0.1, -0.05) is 0 Å². The molecule has 1 amide bonds. The molecule has 6 nitrogen and oxygen atoms in total. The molecule has 1 saturated heterocycles. The molecule has 146 valence electrons. The summed E-state index contributed by atoms with van der Waals surface area (Å²) in [5.41, 5.74) is 1.09. The Kier molecular flexibility index (Phi) is 4.06. The molecule has 1 aliphatic heterocycles. The first-order valence-electron chi connectivity index (χ1n) is 10.6. The van der Waals surface area contributed by atoms with Crippen molar-refractivity contribution >= 4 is 11.6 Å². The van der Waals surface area contributed by atoms with Crippen LogP contribution in [0.1, 0.15) is 44.9 Å². The maximum absolute atomic E-state index is 13.1. The first-order valence-corrected chi connectivity index (χ1v) is 10.6. The van der Waals surface area contributed by atoms with E-state index in [4.69, 9.17) is 0 Å². The predicted octanol–water partition coefficient (Wildman–Crippen LogP) is 2.04. The van der Waals surface area contributed by atoms with Gasteiger partial charge in [0.1, 0.15) is 0 Å². The molecular formula is C21H30N4O2. The summed E-state index contributed by atoms with van der Waals surface area (Å²) in [6.45, 7) is 3.06. The second-order valence-corrected chi connectivity index (χ2v) is 9.64. The Morgan fingerprint density at radius 2 is 1.67 bits per heavy atom. The quantitative estimate of drug-likeness (QED) is 0.817. The fraction of sp³-hybridized carbons (Fsp3) is 0.762. The largest absolute Gasteiger partial charge is 0.367 e. The third-order valence-corrected chi connectivity index (χ3v) is 7.64. The van der Waals surface area contributed by atoms with Gasteiger partial charge in [-0.3, -0.25) is 9.59 Å². The lowest BCUT2D eigenvalue weighted by Gasteiger charge is -2.57. The van der Waals surface area contributed by atoms with Crippen molar-refractivity contribution in [1.82, 2.24) is 14.7 Å². The lowest BCUT2D eigenvalue weighted by Crippen LogP contribution is -2.52. The minimum Gasteiger partial charge on any atom is -0.367 e. The third kappa shape index (κ3) is 3.17. The Bertz CT molecular complexity index is 758. The fourth-order valence-electron chi connectivity index (χ4n) is 6.79. The molecule has 27 heavy (non-hydrogen) atoms. The summed E-state index contributed by atoms with van der Waals surface area (Å²) in [7, 11) is 1.66. The topological polar surface area (TPSA) is 58.4 Å². The molecule has 0 spiro atoms. The molecule has 6 heteroatoms. The Labute approximate surface area is 160 Å². The second-order valence-electron chi connectivity index (χ2n) is 9.64. The van der Waals surface area contributed by atoms with E-state index in [-0.39, 0.29) is 5.56 Å². The molecule has 5 fully saturated rings. The van der Waals surface area contributed by atoms with E-state index < -0.39 is 0 Å². The molecular weight excluding hydrogens is 340 g/mol. The zero-order valence-corrected chi connectivity index (χ0v) is 16.3. The molecule has 6 rings (SSSR count). The van der Waals surface area contributed by atoms with Crippen LogP contribution < -0.4 is 10.5 Å². The van der Waals surface area contributed by atoms with Gasteiger partial charge in [0.2, 0.25) is 5.91 Å². The van der Waals surface area contributed by atoms with Crippen molar-refractivity contribution in [2.75, 3.05) is 31.1 Å². The summed E-state index contributed by atoms with van der Waals surface area (Å²) in [6.07, 6.45) is 10.7. The van der Waals surface area contributed by atoms with Crippen LogP contribution in [-0.2, 0) is 11.8 Å². The van der Waals surface area contributed by atoms with E-state index in [2.05, 4.69) is 14.9 Å². The van der Waals surface area contributed by atoms with E-state index in [1.54, 1.807) is 19.3 Å². The van der Waals surface area contributed by atoms with Crippen molar-refractivity contribution in [3.05, 3.63) is 22.6 Å². The van der Waals surface area contributed by atoms with Crippen molar-refractivity contribution in [2.24, 2.45) is 30.2 Å². The van der Waals surface area contributed by atoms with E-state index in [9.17, 15) is 9.59 Å². The highest BCUT2D eigenvalue weighted by Crippen LogP contribution is 2.61. The van der Waals surface area contributed by atoms with E-state index in [1.807, 2.05) is 0 Å². The lowest BCUT2D eigenvalue weighted by molar-refractivity contribution is -0.139. The second kappa shape index (κ2) is 6.35. The van der Waals surface area contributed by atoms with Crippen LogP contribution in [0, 0.1) is 23.2 Å². The molecule has 5 aliphatic rings. The predicted molar refractivity (Wildman–Crippen MR) is 103 cm³/mol. The summed E-state index contributed by atoms with van der Waals surface area (Å²) in [4.78, 5) is 29.1. The van der Waals surface area contributed by atoms with Crippen LogP contribution in [0.25, 0.3) is 0 Å². The van der Waals surface area contributed by atoms with E-state index in [0.29, 0.717) is 11.3 Å². The molecule has 2 heterocycles. The summed E-state index contributed by atoms with van der Waals surface area (Å²) >= 11 is 0. The zero-order valence-electron chi connectivity index (χ0n) is 16.3. The number of anilines is 1. The fourth-order valence-corrected chi connectivity index (χ4v) is 6.79. The third-order valence-electron chi connectivity index (χ3n) is 7.64. The molecule has 0 N–H and O–H groups in total. The average Bonchev–Trinajstić information content (AvgIpc) is 2.62. The standard InChI is InChI=1S/C21H30N4O2/c1-23-19(26)9-18(14-22-23)24-2-4-25(5-3-24)20(27)13-21-10-15-6-16(11-21)8-17(7-15)12-21/h9,14-17H,2-8,10-13H2,1H3. The van der Waals surface area contributed by atoms with Crippen molar-refractivity contribution in [3.8, 4) is 0 Å². The molecule has 4 aliphatic carbocycles. The van der Waals surface area contributed by atoms with Crippen LogP contribution in [0.15, 0.2) is 17.1 Å². The van der Waals surface area contributed by atoms with Crippen LogP contribution in [-0.4, -0.2) is 46.8 Å². The van der Waals surface area contributed by atoms with Crippen LogP contribution >= 0.6 is 0 Å². The number of hydrogen-bond donors (Lipinski definition) is 0. The number of hydrogen-bond acceptors (Lipinski definition) is 4. The smallest absolute Gasteiger partial charge is 0.268 e. The normalized spacial score (nSPS) is 34.9. The Hall–Kier alpha value is -1.85. The summed E-state index contributed by atoms with van der Waals surface area (Å²) < 4.78 is 1.34. The van der Waals surface area contributed by atoms with Gasteiger partial charge >= 0.3 is 0 Å². The Balaban J connectivity index is 1.20. The molecule has 4 bridgehead atoms. The van der Waals surface area contributed by atoms with E-state index in [0.717, 1.165) is 56.0 Å². The number of piperazine rings is 1. The highest BCUT2D eigenvalue weighted by molar-refractivity contribution is 5.77. The first-order chi connectivity index (χ1) is 13.0. The van der Waals surface area contributed by atoms with Gasteiger partial charge in [0, 0.05) is 45.7 Å². The molecule has 0 radical (unpaired) electrons. The Morgan fingerprint density at radius 1 is 1.07 bits per heavy atom. The van der Waals surface area contributed by atoms with Crippen molar-refractivity contribution in [3.63, 3.8) is 0 Å². The minimum atomic E-state index is -0.0900. The number of nitrogens with zero attached hydrogens (tertiary/aromatic N) is 4. The summed E-state index contributed by atoms with van der Waals surface area (Å²) in [5, 5.41) is 4.11. The van der Waals surface area contributed by atoms with Gasteiger partial charge in [-0.25, -0.2) is 4.68 Å². The Morgan fingerprint density at radius 3 is 2.22 bits per heavy atom. The van der Waals surface area contributed by atoms with Crippen molar-refractivity contribution < 1.29 is 4.79 Å². The molecule has 1 aromatic heterocycles. The van der Waals surface area contributed by atoms with Crippen LogP contribution in [0.4, 0.5) is 5.69 Å². The average molecular weight is 370 g/mol. The molecule has 1 aromatic rings. The number of aryl methyl sites for hydroxylation is 1. The van der Waals surface area contributed by atoms with Gasteiger partial charge in [0.15, 0.2) is 0 Å². The zero-order chi connectivity index (χ0) is 18.6. The van der Waals surface area contributed by atoms with Gasteiger partial charge < -0.3 is 9.80 Å². The number of aromatic nitrogens is 2. The summed E-state index contributed by atoms with van der Waals surface area (Å²) in [5.74, 6) is 3.05. The molecule has 0 atom stereocenters. The minimum absolute atomic E-state index is 0.0900. The maximum atomic E-state index is 13.1. The van der Waals surface area contributed by atoms with E-state index >= 15 is 0 Å².